The van der Waals surface area contributed by atoms with E-state index in [0.29, 0.717) is 5.56 Å². The van der Waals surface area contributed by atoms with E-state index in [1.165, 1.54) is 0 Å². The molecule has 1 aromatic heterocycles. The van der Waals surface area contributed by atoms with Crippen LogP contribution < -0.4 is 10.2 Å². The summed E-state index contributed by atoms with van der Waals surface area (Å²) in [5.41, 5.74) is 2.69. The van der Waals surface area contributed by atoms with Crippen LogP contribution in [0.4, 0.5) is 11.5 Å². The SMILES string of the molecule is CN(c1ccccc1)c1ccc(C(=O)NC(CN2CCOCC2)c2ccccc2)cn1. The van der Waals surface area contributed by atoms with Gasteiger partial charge in [0, 0.05) is 38.6 Å². The van der Waals surface area contributed by atoms with Gasteiger partial charge >= 0.3 is 0 Å². The molecule has 1 saturated heterocycles. The Morgan fingerprint density at radius 3 is 2.35 bits per heavy atom. The highest BCUT2D eigenvalue weighted by Gasteiger charge is 2.21. The molecule has 160 valence electrons. The number of nitrogens with one attached hydrogen (secondary N) is 1. The number of carbonyl (C=O) groups excluding carboxylic acids is 1. The summed E-state index contributed by atoms with van der Waals surface area (Å²) in [7, 11) is 1.96. The van der Waals surface area contributed by atoms with Crippen LogP contribution in [-0.4, -0.2) is 55.7 Å². The molecular formula is C25H28N4O2. The van der Waals surface area contributed by atoms with Gasteiger partial charge in [-0.3, -0.25) is 9.69 Å². The van der Waals surface area contributed by atoms with Gasteiger partial charge in [-0.15, -0.1) is 0 Å². The number of hydrogen-bond acceptors (Lipinski definition) is 5. The number of ether oxygens (including phenoxy) is 1. The highest BCUT2D eigenvalue weighted by molar-refractivity contribution is 5.94. The predicted molar refractivity (Wildman–Crippen MR) is 123 cm³/mol. The Morgan fingerprint density at radius 1 is 1.03 bits per heavy atom. The molecule has 1 unspecified atom stereocenters. The van der Waals surface area contributed by atoms with Gasteiger partial charge in [0.2, 0.25) is 0 Å². The zero-order chi connectivity index (χ0) is 21.5. The Labute approximate surface area is 183 Å². The number of anilines is 2. The van der Waals surface area contributed by atoms with E-state index in [4.69, 9.17) is 4.74 Å². The van der Waals surface area contributed by atoms with E-state index in [9.17, 15) is 4.79 Å². The largest absolute Gasteiger partial charge is 0.379 e. The number of hydrogen-bond donors (Lipinski definition) is 1. The smallest absolute Gasteiger partial charge is 0.253 e. The normalized spacial score (nSPS) is 15.3. The van der Waals surface area contributed by atoms with Crippen molar-refractivity contribution < 1.29 is 9.53 Å². The van der Waals surface area contributed by atoms with Gasteiger partial charge in [-0.1, -0.05) is 48.5 Å². The maximum atomic E-state index is 13.0. The molecule has 0 spiro atoms. The van der Waals surface area contributed by atoms with Gasteiger partial charge in [0.05, 0.1) is 24.8 Å². The van der Waals surface area contributed by atoms with Gasteiger partial charge in [-0.25, -0.2) is 4.98 Å². The van der Waals surface area contributed by atoms with Gasteiger partial charge in [-0.05, 0) is 29.8 Å². The maximum Gasteiger partial charge on any atom is 0.253 e. The maximum absolute atomic E-state index is 13.0. The summed E-state index contributed by atoms with van der Waals surface area (Å²) >= 11 is 0. The van der Waals surface area contributed by atoms with Crippen molar-refractivity contribution in [2.45, 2.75) is 6.04 Å². The second kappa shape index (κ2) is 10.2. The van der Waals surface area contributed by atoms with Gasteiger partial charge in [0.25, 0.3) is 5.91 Å². The first-order chi connectivity index (χ1) is 15.2. The monoisotopic (exact) mass is 416 g/mol. The number of aromatic nitrogens is 1. The lowest BCUT2D eigenvalue weighted by molar-refractivity contribution is 0.0332. The number of morpholine rings is 1. The number of benzene rings is 2. The molecule has 0 bridgehead atoms. The molecule has 2 aromatic carbocycles. The molecule has 1 atom stereocenters. The molecule has 1 N–H and O–H groups in total. The van der Waals surface area contributed by atoms with E-state index in [0.717, 1.165) is 49.9 Å². The van der Waals surface area contributed by atoms with Crippen LogP contribution in [0.2, 0.25) is 0 Å². The third-order valence-electron chi connectivity index (χ3n) is 5.55. The van der Waals surface area contributed by atoms with E-state index < -0.39 is 0 Å². The molecule has 0 saturated carbocycles. The first-order valence-corrected chi connectivity index (χ1v) is 10.6. The molecule has 0 aliphatic carbocycles. The second-order valence-corrected chi connectivity index (χ2v) is 7.65. The topological polar surface area (TPSA) is 57.7 Å². The molecule has 1 aliphatic heterocycles. The van der Waals surface area contributed by atoms with Crippen molar-refractivity contribution in [3.63, 3.8) is 0 Å². The number of para-hydroxylation sites is 1. The molecule has 1 aliphatic rings. The van der Waals surface area contributed by atoms with Crippen molar-refractivity contribution in [3.05, 3.63) is 90.1 Å². The van der Waals surface area contributed by atoms with Gasteiger partial charge in [0.15, 0.2) is 0 Å². The summed E-state index contributed by atoms with van der Waals surface area (Å²) in [6, 6.07) is 23.7. The molecule has 1 fully saturated rings. The van der Waals surface area contributed by atoms with Crippen LogP contribution in [0.1, 0.15) is 22.0 Å². The van der Waals surface area contributed by atoms with Gasteiger partial charge in [-0.2, -0.15) is 0 Å². The highest BCUT2D eigenvalue weighted by atomic mass is 16.5. The fraction of sp³-hybridized carbons (Fsp3) is 0.280. The zero-order valence-corrected chi connectivity index (χ0v) is 17.8. The fourth-order valence-electron chi connectivity index (χ4n) is 3.71. The molecule has 31 heavy (non-hydrogen) atoms. The summed E-state index contributed by atoms with van der Waals surface area (Å²) in [6.07, 6.45) is 1.64. The first-order valence-electron chi connectivity index (χ1n) is 10.6. The Hall–Kier alpha value is -3.22. The van der Waals surface area contributed by atoms with Crippen LogP contribution in [0.15, 0.2) is 79.0 Å². The van der Waals surface area contributed by atoms with Crippen LogP contribution in [0.5, 0.6) is 0 Å². The molecule has 1 amide bonds. The Bertz CT molecular complexity index is 958. The van der Waals surface area contributed by atoms with Crippen molar-refractivity contribution in [3.8, 4) is 0 Å². The molecule has 6 heteroatoms. The fourth-order valence-corrected chi connectivity index (χ4v) is 3.71. The van der Waals surface area contributed by atoms with E-state index in [1.54, 1.807) is 6.20 Å². The summed E-state index contributed by atoms with van der Waals surface area (Å²) in [5.74, 6) is 0.666. The number of nitrogens with zero attached hydrogens (tertiary/aromatic N) is 3. The number of rotatable bonds is 7. The summed E-state index contributed by atoms with van der Waals surface area (Å²) in [6.45, 7) is 3.97. The van der Waals surface area contributed by atoms with Crippen molar-refractivity contribution in [2.24, 2.45) is 0 Å². The lowest BCUT2D eigenvalue weighted by Crippen LogP contribution is -2.43. The van der Waals surface area contributed by atoms with E-state index in [2.05, 4.69) is 27.3 Å². The Morgan fingerprint density at radius 2 is 1.71 bits per heavy atom. The van der Waals surface area contributed by atoms with Crippen molar-refractivity contribution in [1.29, 1.82) is 0 Å². The minimum Gasteiger partial charge on any atom is -0.379 e. The molecule has 0 radical (unpaired) electrons. The number of amides is 1. The van der Waals surface area contributed by atoms with Crippen molar-refractivity contribution in [2.75, 3.05) is 44.8 Å². The van der Waals surface area contributed by atoms with Gasteiger partial charge < -0.3 is 15.0 Å². The highest BCUT2D eigenvalue weighted by Crippen LogP contribution is 2.21. The van der Waals surface area contributed by atoms with Crippen molar-refractivity contribution in [1.82, 2.24) is 15.2 Å². The van der Waals surface area contributed by atoms with Gasteiger partial charge in [0.1, 0.15) is 5.82 Å². The molecule has 4 rings (SSSR count). The average molecular weight is 417 g/mol. The van der Waals surface area contributed by atoms with Crippen LogP contribution in [0.25, 0.3) is 0 Å². The standard InChI is InChI=1S/C25H28N4O2/c1-28(22-10-6-3-7-11-22)24-13-12-21(18-26-24)25(30)27-23(20-8-4-2-5-9-20)19-29-14-16-31-17-15-29/h2-13,18,23H,14-17,19H2,1H3,(H,27,30). The first kappa shape index (κ1) is 21.0. The van der Waals surface area contributed by atoms with Crippen molar-refractivity contribution >= 4 is 17.4 Å². The lowest BCUT2D eigenvalue weighted by Gasteiger charge is -2.31. The number of carbonyl (C=O) groups is 1. The van der Waals surface area contributed by atoms with Crippen LogP contribution in [0, 0.1) is 0 Å². The van der Waals surface area contributed by atoms with Crippen LogP contribution in [-0.2, 0) is 4.74 Å². The summed E-state index contributed by atoms with van der Waals surface area (Å²) in [4.78, 5) is 21.8. The summed E-state index contributed by atoms with van der Waals surface area (Å²) < 4.78 is 5.46. The molecule has 2 heterocycles. The predicted octanol–water partition coefficient (Wildman–Crippen LogP) is 3.65. The minimum absolute atomic E-state index is 0.0986. The second-order valence-electron chi connectivity index (χ2n) is 7.65. The van der Waals surface area contributed by atoms with E-state index >= 15 is 0 Å². The quantitative estimate of drug-likeness (QED) is 0.637. The van der Waals surface area contributed by atoms with Crippen LogP contribution >= 0.6 is 0 Å². The Balaban J connectivity index is 1.46. The third-order valence-corrected chi connectivity index (χ3v) is 5.55. The third kappa shape index (κ3) is 5.48. The molecular weight excluding hydrogens is 388 g/mol. The lowest BCUT2D eigenvalue weighted by atomic mass is 10.1. The van der Waals surface area contributed by atoms with E-state index in [1.807, 2.05) is 72.6 Å². The van der Waals surface area contributed by atoms with E-state index in [-0.39, 0.29) is 11.9 Å². The molecule has 6 nitrogen and oxygen atoms in total. The molecule has 3 aromatic rings. The zero-order valence-electron chi connectivity index (χ0n) is 17.8. The number of pyridine rings is 1. The Kier molecular flexibility index (Phi) is 6.92. The average Bonchev–Trinajstić information content (AvgIpc) is 2.85. The summed E-state index contributed by atoms with van der Waals surface area (Å²) in [5, 5.41) is 3.20. The van der Waals surface area contributed by atoms with Crippen LogP contribution in [0.3, 0.4) is 0 Å². The minimum atomic E-state index is -0.122.